The molecule has 2 aromatic heterocycles. The second kappa shape index (κ2) is 14.5. The van der Waals surface area contributed by atoms with Crippen LogP contribution in [0.2, 0.25) is 0 Å². The van der Waals surface area contributed by atoms with Crippen LogP contribution in [0.15, 0.2) is 218 Å². The fraction of sp³-hybridized carbons (Fsp3) is 0.0169. The Bertz CT molecular complexity index is 3560. The maximum absolute atomic E-state index is 7.17. The fourth-order valence-electron chi connectivity index (χ4n) is 9.98. The summed E-state index contributed by atoms with van der Waals surface area (Å²) >= 11 is 1.82. The molecule has 0 amide bonds. The Morgan fingerprint density at radius 2 is 0.984 bits per heavy atom. The first-order valence-corrected chi connectivity index (χ1v) is 22.4. The van der Waals surface area contributed by atoms with E-state index < -0.39 is 5.41 Å². The first kappa shape index (κ1) is 36.5. The number of nitrogens with zero attached hydrogens (tertiary/aromatic N) is 2. The molecule has 4 nitrogen and oxygen atoms in total. The van der Waals surface area contributed by atoms with E-state index in [1.54, 1.807) is 0 Å². The third-order valence-corrected chi connectivity index (χ3v) is 14.0. The van der Waals surface area contributed by atoms with Crippen molar-refractivity contribution in [2.24, 2.45) is 0 Å². The molecule has 0 bridgehead atoms. The number of thiophene rings is 1. The summed E-state index contributed by atoms with van der Waals surface area (Å²) in [6.07, 6.45) is 0. The summed E-state index contributed by atoms with van der Waals surface area (Å²) in [4.78, 5) is 10.4. The van der Waals surface area contributed by atoms with Gasteiger partial charge in [-0.05, 0) is 63.7 Å². The summed E-state index contributed by atoms with van der Waals surface area (Å²) < 4.78 is 16.5. The van der Waals surface area contributed by atoms with Crippen LogP contribution in [0, 0.1) is 0 Å². The smallest absolute Gasteiger partial charge is 0.178 e. The third kappa shape index (κ3) is 5.61. The molecule has 64 heavy (non-hydrogen) atoms. The van der Waals surface area contributed by atoms with Gasteiger partial charge in [0.15, 0.2) is 28.8 Å². The van der Waals surface area contributed by atoms with Gasteiger partial charge in [0.05, 0.1) is 16.8 Å². The Kier molecular flexibility index (Phi) is 8.27. The van der Waals surface area contributed by atoms with E-state index in [-0.39, 0.29) is 0 Å². The van der Waals surface area contributed by atoms with Gasteiger partial charge in [-0.2, -0.15) is 0 Å². The van der Waals surface area contributed by atoms with Gasteiger partial charge in [-0.3, -0.25) is 0 Å². The molecule has 1 aliphatic carbocycles. The van der Waals surface area contributed by atoms with Crippen molar-refractivity contribution in [1.29, 1.82) is 0 Å². The second-order valence-electron chi connectivity index (χ2n) is 16.4. The molecular formula is C59H36N2O2S. The first-order valence-electron chi connectivity index (χ1n) is 21.5. The number of hydrogen-bond acceptors (Lipinski definition) is 5. The van der Waals surface area contributed by atoms with Gasteiger partial charge in [0.25, 0.3) is 0 Å². The Hall–Kier alpha value is -8.12. The van der Waals surface area contributed by atoms with Gasteiger partial charge in [0, 0.05) is 48.0 Å². The molecule has 0 radical (unpaired) electrons. The lowest BCUT2D eigenvalue weighted by atomic mass is 9.68. The van der Waals surface area contributed by atoms with Gasteiger partial charge in [0.1, 0.15) is 0 Å². The Balaban J connectivity index is 0.904. The lowest BCUT2D eigenvalue weighted by Gasteiger charge is -2.34. The van der Waals surface area contributed by atoms with Crippen LogP contribution in [0.3, 0.4) is 0 Å². The molecule has 5 heteroatoms. The zero-order valence-corrected chi connectivity index (χ0v) is 35.2. The van der Waals surface area contributed by atoms with Crippen molar-refractivity contribution in [3.63, 3.8) is 0 Å². The summed E-state index contributed by atoms with van der Waals surface area (Å²) in [5.74, 6) is 3.45. The van der Waals surface area contributed by atoms with E-state index in [2.05, 4.69) is 200 Å². The Labute approximate surface area is 374 Å². The highest BCUT2D eigenvalue weighted by molar-refractivity contribution is 7.25. The molecule has 9 aromatic carbocycles. The van der Waals surface area contributed by atoms with Gasteiger partial charge < -0.3 is 9.47 Å². The van der Waals surface area contributed by atoms with E-state index in [0.29, 0.717) is 23.1 Å². The zero-order valence-electron chi connectivity index (χ0n) is 34.4. The number of para-hydroxylation sites is 1. The van der Waals surface area contributed by atoms with Crippen molar-refractivity contribution in [1.82, 2.24) is 9.97 Å². The Morgan fingerprint density at radius 1 is 0.375 bits per heavy atom. The molecule has 0 saturated carbocycles. The second-order valence-corrected chi connectivity index (χ2v) is 17.5. The number of aromatic nitrogens is 2. The summed E-state index contributed by atoms with van der Waals surface area (Å²) in [5, 5.41) is 2.55. The molecule has 11 aromatic rings. The van der Waals surface area contributed by atoms with Crippen molar-refractivity contribution < 1.29 is 9.47 Å². The van der Waals surface area contributed by atoms with E-state index >= 15 is 0 Å². The zero-order chi connectivity index (χ0) is 42.2. The van der Waals surface area contributed by atoms with Crippen LogP contribution >= 0.6 is 11.3 Å². The van der Waals surface area contributed by atoms with Crippen molar-refractivity contribution in [3.05, 3.63) is 241 Å². The van der Waals surface area contributed by atoms with Gasteiger partial charge in [-0.15, -0.1) is 11.3 Å². The van der Waals surface area contributed by atoms with E-state index in [1.165, 1.54) is 42.4 Å². The quantitative estimate of drug-likeness (QED) is 0.167. The fourth-order valence-corrected chi connectivity index (χ4v) is 11.1. The maximum Gasteiger partial charge on any atom is 0.178 e. The number of ether oxygens (including phenoxy) is 2. The molecule has 1 aliphatic heterocycles. The van der Waals surface area contributed by atoms with Gasteiger partial charge >= 0.3 is 0 Å². The van der Waals surface area contributed by atoms with Crippen LogP contribution in [-0.4, -0.2) is 9.97 Å². The lowest BCUT2D eigenvalue weighted by molar-refractivity contribution is 0.361. The third-order valence-electron chi connectivity index (χ3n) is 12.9. The highest BCUT2D eigenvalue weighted by atomic mass is 32.1. The van der Waals surface area contributed by atoms with Gasteiger partial charge in [-0.25, -0.2) is 9.97 Å². The molecule has 0 N–H and O–H groups in total. The number of benzene rings is 9. The van der Waals surface area contributed by atoms with Crippen LogP contribution in [0.1, 0.15) is 22.3 Å². The molecule has 300 valence electrons. The van der Waals surface area contributed by atoms with Crippen LogP contribution in [0.25, 0.3) is 76.3 Å². The van der Waals surface area contributed by atoms with Crippen molar-refractivity contribution in [2.75, 3.05) is 0 Å². The number of rotatable bonds is 6. The minimum Gasteiger partial charge on any atom is -0.449 e. The van der Waals surface area contributed by atoms with E-state index in [1.807, 2.05) is 29.5 Å². The molecule has 0 unspecified atom stereocenters. The predicted molar refractivity (Wildman–Crippen MR) is 261 cm³/mol. The monoisotopic (exact) mass is 836 g/mol. The van der Waals surface area contributed by atoms with E-state index in [4.69, 9.17) is 19.4 Å². The number of hydrogen-bond donors (Lipinski definition) is 0. The number of fused-ring (bicyclic) bond motifs is 9. The minimum atomic E-state index is -0.548. The molecule has 13 rings (SSSR count). The molecule has 0 fully saturated rings. The highest BCUT2D eigenvalue weighted by Gasteiger charge is 2.48. The molecule has 0 spiro atoms. The van der Waals surface area contributed by atoms with E-state index in [9.17, 15) is 0 Å². The summed E-state index contributed by atoms with van der Waals surface area (Å²) in [6, 6.07) is 77.0. The maximum atomic E-state index is 7.17. The van der Waals surface area contributed by atoms with Crippen LogP contribution in [0.4, 0.5) is 0 Å². The average Bonchev–Trinajstić information content (AvgIpc) is 3.90. The van der Waals surface area contributed by atoms with Crippen LogP contribution in [0.5, 0.6) is 23.0 Å². The summed E-state index contributed by atoms with van der Waals surface area (Å²) in [6.45, 7) is 0. The topological polar surface area (TPSA) is 44.2 Å². The SMILES string of the molecule is c1ccc(-c2cc(-c3ccc4c(c3)sc3ccccc34)nc(-c3ccc(-c4cccc5c4Oc4c(ccc6c4-c4ccccc4C6(c4ccccc4)c4ccccc4)O5)cc3)n2)cc1. The average molecular weight is 837 g/mol. The summed E-state index contributed by atoms with van der Waals surface area (Å²) in [7, 11) is 0. The molecular weight excluding hydrogens is 801 g/mol. The van der Waals surface area contributed by atoms with Gasteiger partial charge in [0.2, 0.25) is 0 Å². The normalized spacial score (nSPS) is 13.1. The highest BCUT2D eigenvalue weighted by Crippen LogP contribution is 2.63. The Morgan fingerprint density at radius 3 is 1.77 bits per heavy atom. The van der Waals surface area contributed by atoms with Crippen LogP contribution in [-0.2, 0) is 5.41 Å². The van der Waals surface area contributed by atoms with Gasteiger partial charge in [-0.1, -0.05) is 188 Å². The molecule has 3 heterocycles. The van der Waals surface area contributed by atoms with Crippen LogP contribution < -0.4 is 9.47 Å². The lowest BCUT2D eigenvalue weighted by Crippen LogP contribution is -2.28. The van der Waals surface area contributed by atoms with Crippen molar-refractivity contribution in [3.8, 4) is 79.2 Å². The van der Waals surface area contributed by atoms with Crippen molar-refractivity contribution >= 4 is 31.5 Å². The minimum absolute atomic E-state index is 0.548. The largest absolute Gasteiger partial charge is 0.449 e. The van der Waals surface area contributed by atoms with E-state index in [0.717, 1.165) is 56.1 Å². The first-order chi connectivity index (χ1) is 31.7. The summed E-state index contributed by atoms with van der Waals surface area (Å²) in [5.41, 5.74) is 13.1. The van der Waals surface area contributed by atoms with Crippen molar-refractivity contribution in [2.45, 2.75) is 5.41 Å². The standard InChI is InChI=1S/C59H36N2O2S/c1-4-15-38(16-5-1)49-36-50(40-31-32-45-44-21-11-13-26-53(44)64-54(45)35-40)61-58(60-49)39-29-27-37(28-30-39)43-23-14-25-51-56(43)63-57-52(62-51)34-33-48-55(57)46-22-10-12-24-47(46)59(48,41-17-6-2-7-18-41)42-19-8-3-9-20-42/h1-36H. The molecule has 0 atom stereocenters. The predicted octanol–water partition coefficient (Wildman–Crippen LogP) is 15.8. The molecule has 0 saturated heterocycles. The molecule has 2 aliphatic rings.